The van der Waals surface area contributed by atoms with Crippen molar-refractivity contribution in [2.45, 2.75) is 97.6 Å². The second-order valence-corrected chi connectivity index (χ2v) is 12.5. The average molecular weight is 484 g/mol. The van der Waals surface area contributed by atoms with Crippen LogP contribution in [0, 0.1) is 46.7 Å². The molecule has 3 aliphatic carbocycles. The van der Waals surface area contributed by atoms with E-state index in [4.69, 9.17) is 0 Å². The highest BCUT2D eigenvalue weighted by Crippen LogP contribution is 2.63. The Morgan fingerprint density at radius 3 is 2.71 bits per heavy atom. The third-order valence-corrected chi connectivity index (χ3v) is 10.6. The number of aliphatic hydroxyl groups is 1. The molecule has 5 rings (SSSR count). The Bertz CT molecular complexity index is 1080. The van der Waals surface area contributed by atoms with Crippen LogP contribution in [0.4, 0.5) is 4.39 Å². The number of halogens is 1. The second-order valence-electron chi connectivity index (χ2n) is 12.5. The van der Waals surface area contributed by atoms with Gasteiger partial charge in [-0.2, -0.15) is 15.0 Å². The summed E-state index contributed by atoms with van der Waals surface area (Å²) in [6.07, 6.45) is 9.79. The van der Waals surface area contributed by atoms with Gasteiger partial charge in [-0.1, -0.05) is 27.2 Å². The predicted octanol–water partition coefficient (Wildman–Crippen LogP) is 6.19. The zero-order chi connectivity index (χ0) is 25.0. The van der Waals surface area contributed by atoms with Crippen LogP contribution in [0.25, 0.3) is 11.0 Å². The molecule has 1 N–H and O–H groups in total. The SMILES string of the molecule is CCC(C)(O)CC[C@@H]1[C@H]2CC[C@]3(C)[C@@H](C(=O)Cn4nc5ccc(F)cc5n4)CC[C@H]3[C@@H]2CC[C@@H]1C. The van der Waals surface area contributed by atoms with Crippen molar-refractivity contribution in [2.24, 2.45) is 40.9 Å². The molecule has 0 spiro atoms. The summed E-state index contributed by atoms with van der Waals surface area (Å²) in [7, 11) is 0. The fraction of sp³-hybridized carbons (Fsp3) is 0.759. The quantitative estimate of drug-likeness (QED) is 0.510. The minimum Gasteiger partial charge on any atom is -0.390 e. The maximum Gasteiger partial charge on any atom is 0.159 e. The molecule has 1 heterocycles. The van der Waals surface area contributed by atoms with Crippen molar-refractivity contribution in [1.29, 1.82) is 0 Å². The fourth-order valence-corrected chi connectivity index (χ4v) is 8.29. The molecule has 35 heavy (non-hydrogen) atoms. The van der Waals surface area contributed by atoms with Gasteiger partial charge < -0.3 is 5.11 Å². The first-order valence-electron chi connectivity index (χ1n) is 13.9. The molecular weight excluding hydrogens is 441 g/mol. The monoisotopic (exact) mass is 483 g/mol. The van der Waals surface area contributed by atoms with E-state index in [0.29, 0.717) is 28.8 Å². The molecule has 2 aromatic rings. The third-order valence-electron chi connectivity index (χ3n) is 10.6. The Balaban J connectivity index is 1.29. The first-order valence-corrected chi connectivity index (χ1v) is 13.9. The second kappa shape index (κ2) is 9.24. The largest absolute Gasteiger partial charge is 0.390 e. The van der Waals surface area contributed by atoms with Crippen LogP contribution in [0.1, 0.15) is 85.5 Å². The van der Waals surface area contributed by atoms with Crippen molar-refractivity contribution in [2.75, 3.05) is 0 Å². The lowest BCUT2D eigenvalue weighted by atomic mass is 9.50. The lowest BCUT2D eigenvalue weighted by Gasteiger charge is -2.54. The number of rotatable bonds is 7. The molecule has 8 atom stereocenters. The van der Waals surface area contributed by atoms with E-state index in [1.54, 1.807) is 6.07 Å². The summed E-state index contributed by atoms with van der Waals surface area (Å²) in [4.78, 5) is 15.0. The minimum absolute atomic E-state index is 0.0526. The number of hydrogen-bond acceptors (Lipinski definition) is 4. The van der Waals surface area contributed by atoms with Crippen LogP contribution in [0.3, 0.4) is 0 Å². The summed E-state index contributed by atoms with van der Waals surface area (Å²) in [5.41, 5.74) is 0.618. The Morgan fingerprint density at radius 2 is 1.94 bits per heavy atom. The van der Waals surface area contributed by atoms with Gasteiger partial charge in [0.2, 0.25) is 0 Å². The summed E-state index contributed by atoms with van der Waals surface area (Å²) < 4.78 is 13.5. The lowest BCUT2D eigenvalue weighted by Crippen LogP contribution is -2.48. The molecule has 0 radical (unpaired) electrons. The number of carbonyl (C=O) groups is 1. The number of Topliss-reactive ketones (excluding diaryl/α,β-unsaturated/α-hetero) is 1. The van der Waals surface area contributed by atoms with E-state index in [9.17, 15) is 14.3 Å². The van der Waals surface area contributed by atoms with Gasteiger partial charge in [-0.15, -0.1) is 0 Å². The highest BCUT2D eigenvalue weighted by atomic mass is 19.1. The van der Waals surface area contributed by atoms with Crippen molar-refractivity contribution in [3.63, 3.8) is 0 Å². The molecule has 0 amide bonds. The first-order chi connectivity index (χ1) is 16.6. The third kappa shape index (κ3) is 4.56. The summed E-state index contributed by atoms with van der Waals surface area (Å²) in [5, 5.41) is 19.4. The van der Waals surface area contributed by atoms with Crippen LogP contribution in [0.5, 0.6) is 0 Å². The van der Waals surface area contributed by atoms with Gasteiger partial charge in [-0.3, -0.25) is 4.79 Å². The molecule has 1 unspecified atom stereocenters. The highest BCUT2D eigenvalue weighted by Gasteiger charge is 2.57. The molecule has 1 aromatic carbocycles. The number of nitrogens with zero attached hydrogens (tertiary/aromatic N) is 3. The molecule has 3 saturated carbocycles. The summed E-state index contributed by atoms with van der Waals surface area (Å²) >= 11 is 0. The maximum atomic E-state index is 13.5. The predicted molar refractivity (Wildman–Crippen MR) is 135 cm³/mol. The molecule has 0 bridgehead atoms. The van der Waals surface area contributed by atoms with Crippen LogP contribution < -0.4 is 0 Å². The summed E-state index contributed by atoms with van der Waals surface area (Å²) in [6, 6.07) is 4.37. The smallest absolute Gasteiger partial charge is 0.159 e. The number of fused-ring (bicyclic) bond motifs is 4. The molecule has 0 aliphatic heterocycles. The van der Waals surface area contributed by atoms with Crippen molar-refractivity contribution in [3.8, 4) is 0 Å². The van der Waals surface area contributed by atoms with Crippen molar-refractivity contribution in [3.05, 3.63) is 24.0 Å². The van der Waals surface area contributed by atoms with E-state index in [-0.39, 0.29) is 29.5 Å². The van der Waals surface area contributed by atoms with E-state index in [1.165, 1.54) is 36.2 Å². The van der Waals surface area contributed by atoms with E-state index in [2.05, 4.69) is 31.0 Å². The molecular formula is C29H42FN3O2. The van der Waals surface area contributed by atoms with Gasteiger partial charge in [-0.05, 0) is 105 Å². The van der Waals surface area contributed by atoms with E-state index >= 15 is 0 Å². The molecule has 0 saturated heterocycles. The topological polar surface area (TPSA) is 68.0 Å². The van der Waals surface area contributed by atoms with Crippen LogP contribution in [-0.2, 0) is 11.3 Å². The van der Waals surface area contributed by atoms with Crippen LogP contribution in [0.15, 0.2) is 18.2 Å². The molecule has 1 aromatic heterocycles. The van der Waals surface area contributed by atoms with Gasteiger partial charge in [0.15, 0.2) is 5.78 Å². The van der Waals surface area contributed by atoms with Crippen LogP contribution >= 0.6 is 0 Å². The van der Waals surface area contributed by atoms with Gasteiger partial charge in [-0.25, -0.2) is 4.39 Å². The first kappa shape index (κ1) is 24.9. The van der Waals surface area contributed by atoms with Crippen LogP contribution in [0.2, 0.25) is 0 Å². The van der Waals surface area contributed by atoms with Gasteiger partial charge >= 0.3 is 0 Å². The number of benzene rings is 1. The van der Waals surface area contributed by atoms with Gasteiger partial charge in [0.1, 0.15) is 23.4 Å². The Hall–Kier alpha value is -1.82. The molecule has 3 aliphatic rings. The van der Waals surface area contributed by atoms with Crippen molar-refractivity contribution in [1.82, 2.24) is 15.0 Å². The van der Waals surface area contributed by atoms with Crippen molar-refractivity contribution < 1.29 is 14.3 Å². The number of hydrogen-bond donors (Lipinski definition) is 1. The summed E-state index contributed by atoms with van der Waals surface area (Å²) in [6.45, 7) is 9.03. The number of ketones is 1. The Morgan fingerprint density at radius 1 is 1.17 bits per heavy atom. The molecule has 192 valence electrons. The zero-order valence-electron chi connectivity index (χ0n) is 21.8. The minimum atomic E-state index is -0.558. The Labute approximate surface area is 208 Å². The zero-order valence-corrected chi connectivity index (χ0v) is 21.8. The number of aromatic nitrogens is 3. The normalized spacial score (nSPS) is 36.5. The Kier molecular flexibility index (Phi) is 6.56. The fourth-order valence-electron chi connectivity index (χ4n) is 8.29. The van der Waals surface area contributed by atoms with E-state index in [0.717, 1.165) is 50.4 Å². The number of carbonyl (C=O) groups excluding carboxylic acids is 1. The van der Waals surface area contributed by atoms with E-state index < -0.39 is 5.60 Å². The van der Waals surface area contributed by atoms with Gasteiger partial charge in [0.25, 0.3) is 0 Å². The van der Waals surface area contributed by atoms with Gasteiger partial charge in [0.05, 0.1) is 5.60 Å². The van der Waals surface area contributed by atoms with Crippen LogP contribution in [-0.4, -0.2) is 31.5 Å². The highest BCUT2D eigenvalue weighted by molar-refractivity contribution is 5.82. The molecule has 3 fully saturated rings. The average Bonchev–Trinajstić information content (AvgIpc) is 3.37. The van der Waals surface area contributed by atoms with E-state index in [1.807, 2.05) is 6.92 Å². The summed E-state index contributed by atoms with van der Waals surface area (Å²) in [5.74, 6) is 3.39. The van der Waals surface area contributed by atoms with Crippen molar-refractivity contribution >= 4 is 16.8 Å². The standard InChI is InChI=1S/C29H42FN3O2/c1-5-28(3,35)14-12-20-18(2)6-8-22-21(20)13-15-29(4)23(22)9-10-24(29)27(34)17-33-31-25-11-7-19(30)16-26(25)32-33/h7,11,16,18,20-24,35H,5-6,8-10,12-15,17H2,1-4H3/t18-,20-,21+,22+,23-,24+,28?,29-/m0/s1. The molecule has 6 heteroatoms. The lowest BCUT2D eigenvalue weighted by molar-refractivity contribution is -0.131. The molecule has 5 nitrogen and oxygen atoms in total. The maximum absolute atomic E-state index is 13.5. The van der Waals surface area contributed by atoms with Gasteiger partial charge in [0, 0.05) is 12.0 Å².